The summed E-state index contributed by atoms with van der Waals surface area (Å²) in [5, 5.41) is 8.28. The van der Waals surface area contributed by atoms with E-state index in [1.54, 1.807) is 13.0 Å². The Labute approximate surface area is 106 Å². The van der Waals surface area contributed by atoms with E-state index in [9.17, 15) is 8.42 Å². The van der Waals surface area contributed by atoms with Crippen LogP contribution in [0.5, 0.6) is 0 Å². The van der Waals surface area contributed by atoms with Crippen molar-refractivity contribution in [3.63, 3.8) is 0 Å². The lowest BCUT2D eigenvalue weighted by Gasteiger charge is -2.14. The summed E-state index contributed by atoms with van der Waals surface area (Å²) >= 11 is 0. The molecule has 1 aliphatic rings. The summed E-state index contributed by atoms with van der Waals surface area (Å²) in [4.78, 5) is 3.82. The monoisotopic (exact) mass is 266 g/mol. The molecule has 0 bridgehead atoms. The van der Waals surface area contributed by atoms with Gasteiger partial charge < -0.3 is 4.74 Å². The maximum absolute atomic E-state index is 12.2. The lowest BCUT2D eigenvalue weighted by Crippen LogP contribution is -2.29. The Hall–Kier alpha value is -1.45. The molecule has 0 spiro atoms. The minimum absolute atomic E-state index is 0.0669. The predicted octanol–water partition coefficient (Wildman–Crippen LogP) is 1.05. The molecule has 1 aromatic rings. The standard InChI is InChI=1S/C12H14N2O3S/c1-9-12(3-5-17-9)18(15,16)8-10-2-4-14-11(6-10)7-13/h2,4,6,9,12H,3,5,8H2,1H3. The molecule has 96 valence electrons. The molecule has 18 heavy (non-hydrogen) atoms. The van der Waals surface area contributed by atoms with Gasteiger partial charge in [-0.1, -0.05) is 0 Å². The van der Waals surface area contributed by atoms with Gasteiger partial charge in [-0.2, -0.15) is 5.26 Å². The average molecular weight is 266 g/mol. The van der Waals surface area contributed by atoms with E-state index in [4.69, 9.17) is 10.00 Å². The van der Waals surface area contributed by atoms with Crippen molar-refractivity contribution >= 4 is 9.84 Å². The second-order valence-electron chi connectivity index (χ2n) is 4.37. The maximum atomic E-state index is 12.2. The Bertz CT molecular complexity index is 577. The Morgan fingerprint density at radius 3 is 3.00 bits per heavy atom. The third-order valence-electron chi connectivity index (χ3n) is 3.07. The van der Waals surface area contributed by atoms with Gasteiger partial charge in [-0.15, -0.1) is 0 Å². The van der Waals surface area contributed by atoms with Crippen molar-refractivity contribution in [1.82, 2.24) is 4.98 Å². The Kier molecular flexibility index (Phi) is 3.64. The molecule has 0 aromatic carbocycles. The Morgan fingerprint density at radius 1 is 1.61 bits per heavy atom. The fourth-order valence-electron chi connectivity index (χ4n) is 2.15. The summed E-state index contributed by atoms with van der Waals surface area (Å²) in [5.74, 6) is -0.0669. The van der Waals surface area contributed by atoms with Crippen molar-refractivity contribution in [3.8, 4) is 6.07 Å². The van der Waals surface area contributed by atoms with Crippen LogP contribution in [0.4, 0.5) is 0 Å². The number of nitriles is 1. The highest BCUT2D eigenvalue weighted by atomic mass is 32.2. The molecular formula is C12H14N2O3S. The van der Waals surface area contributed by atoms with Crippen molar-refractivity contribution in [2.45, 2.75) is 30.5 Å². The minimum atomic E-state index is -3.25. The van der Waals surface area contributed by atoms with Crippen LogP contribution in [-0.4, -0.2) is 31.4 Å². The van der Waals surface area contributed by atoms with Crippen molar-refractivity contribution in [3.05, 3.63) is 29.6 Å². The number of hydrogen-bond acceptors (Lipinski definition) is 5. The van der Waals surface area contributed by atoms with Gasteiger partial charge in [0.25, 0.3) is 0 Å². The lowest BCUT2D eigenvalue weighted by atomic mass is 10.2. The van der Waals surface area contributed by atoms with Crippen LogP contribution in [0.2, 0.25) is 0 Å². The quantitative estimate of drug-likeness (QED) is 0.816. The molecule has 2 unspecified atom stereocenters. The third-order valence-corrected chi connectivity index (χ3v) is 5.35. The molecule has 2 atom stereocenters. The summed E-state index contributed by atoms with van der Waals surface area (Å²) in [7, 11) is -3.25. The number of ether oxygens (including phenoxy) is 1. The first-order valence-corrected chi connectivity index (χ1v) is 7.42. The first-order chi connectivity index (χ1) is 8.53. The Balaban J connectivity index is 2.20. The first kappa shape index (κ1) is 13.0. The largest absolute Gasteiger partial charge is 0.377 e. The lowest BCUT2D eigenvalue weighted by molar-refractivity contribution is 0.126. The smallest absolute Gasteiger partial charge is 0.159 e. The van der Waals surface area contributed by atoms with Crippen LogP contribution < -0.4 is 0 Å². The van der Waals surface area contributed by atoms with Crippen LogP contribution in [0.25, 0.3) is 0 Å². The molecule has 1 fully saturated rings. The fourth-order valence-corrected chi connectivity index (χ4v) is 4.12. The highest BCUT2D eigenvalue weighted by molar-refractivity contribution is 7.91. The van der Waals surface area contributed by atoms with Crippen LogP contribution in [0.1, 0.15) is 24.6 Å². The molecule has 5 nitrogen and oxygen atoms in total. The van der Waals surface area contributed by atoms with Gasteiger partial charge in [0.05, 0.1) is 17.1 Å². The molecule has 6 heteroatoms. The van der Waals surface area contributed by atoms with E-state index in [-0.39, 0.29) is 17.6 Å². The summed E-state index contributed by atoms with van der Waals surface area (Å²) < 4.78 is 29.7. The molecule has 0 saturated carbocycles. The summed E-state index contributed by atoms with van der Waals surface area (Å²) in [5.41, 5.74) is 0.832. The van der Waals surface area contributed by atoms with Gasteiger partial charge in [0.1, 0.15) is 11.8 Å². The number of hydrogen-bond donors (Lipinski definition) is 0. The van der Waals surface area contributed by atoms with Gasteiger partial charge in [-0.05, 0) is 31.0 Å². The summed E-state index contributed by atoms with van der Waals surface area (Å²) in [6.07, 6.45) is 1.74. The van der Waals surface area contributed by atoms with E-state index >= 15 is 0 Å². The summed E-state index contributed by atoms with van der Waals surface area (Å²) in [6, 6.07) is 5.04. The van der Waals surface area contributed by atoms with Gasteiger partial charge >= 0.3 is 0 Å². The molecule has 0 N–H and O–H groups in total. The van der Waals surface area contributed by atoms with Crippen molar-refractivity contribution in [2.24, 2.45) is 0 Å². The topological polar surface area (TPSA) is 80.1 Å². The predicted molar refractivity (Wildman–Crippen MR) is 65.4 cm³/mol. The second-order valence-corrected chi connectivity index (χ2v) is 6.59. The normalized spacial score (nSPS) is 23.8. The summed E-state index contributed by atoms with van der Waals surface area (Å²) in [6.45, 7) is 2.27. The number of aromatic nitrogens is 1. The van der Waals surface area contributed by atoms with E-state index < -0.39 is 15.1 Å². The van der Waals surface area contributed by atoms with Gasteiger partial charge in [0.15, 0.2) is 9.84 Å². The van der Waals surface area contributed by atoms with Crippen LogP contribution in [0.3, 0.4) is 0 Å². The zero-order chi connectivity index (χ0) is 13.2. The number of rotatable bonds is 3. The van der Waals surface area contributed by atoms with Gasteiger partial charge in [0, 0.05) is 12.8 Å². The molecule has 0 amide bonds. The van der Waals surface area contributed by atoms with Crippen LogP contribution in [0, 0.1) is 11.3 Å². The number of pyridine rings is 1. The van der Waals surface area contributed by atoms with E-state index in [0.29, 0.717) is 18.6 Å². The molecule has 2 heterocycles. The van der Waals surface area contributed by atoms with Crippen molar-refractivity contribution < 1.29 is 13.2 Å². The van der Waals surface area contributed by atoms with E-state index in [1.165, 1.54) is 12.3 Å². The van der Waals surface area contributed by atoms with E-state index in [0.717, 1.165) is 0 Å². The molecule has 0 radical (unpaired) electrons. The van der Waals surface area contributed by atoms with Crippen molar-refractivity contribution in [2.75, 3.05) is 6.61 Å². The molecule has 1 aromatic heterocycles. The van der Waals surface area contributed by atoms with Crippen LogP contribution in [0.15, 0.2) is 18.3 Å². The SMILES string of the molecule is CC1OCCC1S(=O)(=O)Cc1ccnc(C#N)c1. The molecule has 2 rings (SSSR count). The first-order valence-electron chi connectivity index (χ1n) is 5.71. The van der Waals surface area contributed by atoms with Gasteiger partial charge in [0.2, 0.25) is 0 Å². The Morgan fingerprint density at radius 2 is 2.39 bits per heavy atom. The average Bonchev–Trinajstić information content (AvgIpc) is 2.76. The maximum Gasteiger partial charge on any atom is 0.159 e. The minimum Gasteiger partial charge on any atom is -0.377 e. The third kappa shape index (κ3) is 2.68. The van der Waals surface area contributed by atoms with Gasteiger partial charge in [-0.25, -0.2) is 13.4 Å². The zero-order valence-electron chi connectivity index (χ0n) is 10.0. The van der Waals surface area contributed by atoms with Crippen LogP contribution in [-0.2, 0) is 20.3 Å². The highest BCUT2D eigenvalue weighted by Crippen LogP contribution is 2.24. The highest BCUT2D eigenvalue weighted by Gasteiger charge is 2.35. The molecule has 0 aliphatic carbocycles. The zero-order valence-corrected chi connectivity index (χ0v) is 10.9. The number of sulfone groups is 1. The molecular weight excluding hydrogens is 252 g/mol. The second kappa shape index (κ2) is 5.04. The van der Waals surface area contributed by atoms with E-state index in [2.05, 4.69) is 4.98 Å². The molecule has 1 aliphatic heterocycles. The molecule has 1 saturated heterocycles. The van der Waals surface area contributed by atoms with E-state index in [1.807, 2.05) is 6.07 Å². The van der Waals surface area contributed by atoms with Crippen molar-refractivity contribution in [1.29, 1.82) is 5.26 Å². The van der Waals surface area contributed by atoms with Gasteiger partial charge in [-0.3, -0.25) is 0 Å². The van der Waals surface area contributed by atoms with Crippen LogP contribution >= 0.6 is 0 Å². The fraction of sp³-hybridized carbons (Fsp3) is 0.500. The number of nitrogens with zero attached hydrogens (tertiary/aromatic N) is 2.